The van der Waals surface area contributed by atoms with Gasteiger partial charge in [-0.2, -0.15) is 0 Å². The summed E-state index contributed by atoms with van der Waals surface area (Å²) in [5.41, 5.74) is 1.41. The molecule has 2 fully saturated rings. The molecule has 1 aliphatic carbocycles. The lowest BCUT2D eigenvalue weighted by molar-refractivity contribution is -0.135. The number of Topliss-reactive ketones (excluding diaryl/α,β-unsaturated/α-hetero) is 1. The summed E-state index contributed by atoms with van der Waals surface area (Å²) in [6, 6.07) is 14.5. The van der Waals surface area contributed by atoms with E-state index in [-0.39, 0.29) is 29.7 Å². The molecule has 3 aromatic rings. The quantitative estimate of drug-likeness (QED) is 0.482. The van der Waals surface area contributed by atoms with Crippen molar-refractivity contribution >= 4 is 17.6 Å². The molecule has 6 rings (SSSR count). The van der Waals surface area contributed by atoms with E-state index in [0.29, 0.717) is 43.3 Å². The lowest BCUT2D eigenvalue weighted by atomic mass is 9.87. The molecule has 1 unspecified atom stereocenters. The molecule has 38 heavy (non-hydrogen) atoms. The van der Waals surface area contributed by atoms with Crippen molar-refractivity contribution in [2.45, 2.75) is 57.0 Å². The maximum absolute atomic E-state index is 13.5. The largest absolute Gasteiger partial charge is 0.340 e. The first-order chi connectivity index (χ1) is 18.5. The van der Waals surface area contributed by atoms with Crippen LogP contribution < -0.4 is 10.5 Å². The van der Waals surface area contributed by atoms with Crippen molar-refractivity contribution in [3.05, 3.63) is 76.8 Å². The fourth-order valence-electron chi connectivity index (χ4n) is 6.42. The Morgan fingerprint density at radius 1 is 0.947 bits per heavy atom. The highest BCUT2D eigenvalue weighted by atomic mass is 16.2. The van der Waals surface area contributed by atoms with E-state index in [2.05, 4.69) is 4.98 Å². The summed E-state index contributed by atoms with van der Waals surface area (Å²) in [5.74, 6) is 0.830. The Morgan fingerprint density at radius 2 is 1.68 bits per heavy atom. The molecule has 1 spiro atoms. The molecule has 1 atom stereocenters. The molecular formula is C30H33N5O3. The van der Waals surface area contributed by atoms with Crippen molar-refractivity contribution in [2.75, 3.05) is 24.5 Å². The monoisotopic (exact) mass is 511 g/mol. The Labute approximate surface area is 222 Å². The third-order valence-electron chi connectivity index (χ3n) is 8.57. The second-order valence-electron chi connectivity index (χ2n) is 10.9. The molecule has 1 aromatic carbocycles. The fraction of sp³-hybridized carbons (Fsp3) is 0.433. The van der Waals surface area contributed by atoms with Crippen molar-refractivity contribution in [1.82, 2.24) is 19.4 Å². The molecule has 3 aliphatic rings. The van der Waals surface area contributed by atoms with Gasteiger partial charge in [0.2, 0.25) is 11.9 Å². The van der Waals surface area contributed by atoms with Gasteiger partial charge in [0.25, 0.3) is 5.56 Å². The van der Waals surface area contributed by atoms with Crippen LogP contribution in [0.15, 0.2) is 65.7 Å². The van der Waals surface area contributed by atoms with Crippen molar-refractivity contribution in [3.8, 4) is 11.3 Å². The molecule has 0 radical (unpaired) electrons. The molecule has 1 amide bonds. The van der Waals surface area contributed by atoms with Gasteiger partial charge in [0.15, 0.2) is 5.78 Å². The van der Waals surface area contributed by atoms with Crippen LogP contribution in [0.2, 0.25) is 0 Å². The lowest BCUT2D eigenvalue weighted by Gasteiger charge is -2.46. The molecule has 4 heterocycles. The van der Waals surface area contributed by atoms with Crippen LogP contribution in [0.1, 0.15) is 55.3 Å². The second kappa shape index (κ2) is 10.2. The number of hydrogen-bond donors (Lipinski definition) is 0. The molecule has 0 N–H and O–H groups in total. The van der Waals surface area contributed by atoms with E-state index in [1.54, 1.807) is 23.0 Å². The highest BCUT2D eigenvalue weighted by Gasteiger charge is 2.49. The Balaban J connectivity index is 1.38. The number of likely N-dealkylation sites (tertiary alicyclic amines) is 1. The third-order valence-corrected chi connectivity index (χ3v) is 8.57. The van der Waals surface area contributed by atoms with E-state index >= 15 is 0 Å². The molecule has 1 saturated heterocycles. The highest BCUT2D eigenvalue weighted by molar-refractivity contribution is 5.99. The van der Waals surface area contributed by atoms with Crippen molar-refractivity contribution in [3.63, 3.8) is 0 Å². The SMILES string of the molecule is O=C(CN1c2nc(-c3ccncc3)cc(=O)n2CCC12CCN(C(=O)C1CCCCC1)C2)c1ccccc1. The fourth-order valence-corrected chi connectivity index (χ4v) is 6.42. The van der Waals surface area contributed by atoms with Crippen LogP contribution in [0.4, 0.5) is 5.95 Å². The van der Waals surface area contributed by atoms with Gasteiger partial charge in [0, 0.05) is 55.1 Å². The predicted octanol–water partition coefficient (Wildman–Crippen LogP) is 3.95. The van der Waals surface area contributed by atoms with Gasteiger partial charge in [-0.1, -0.05) is 49.6 Å². The van der Waals surface area contributed by atoms with Crippen LogP contribution in [-0.4, -0.2) is 56.3 Å². The van der Waals surface area contributed by atoms with Gasteiger partial charge in [-0.05, 0) is 37.8 Å². The molecule has 8 nitrogen and oxygen atoms in total. The number of anilines is 1. The number of amides is 1. The summed E-state index contributed by atoms with van der Waals surface area (Å²) in [4.78, 5) is 53.4. The number of benzene rings is 1. The number of fused-ring (bicyclic) bond motifs is 1. The number of carbonyl (C=O) groups excluding carboxylic acids is 2. The molecule has 2 aliphatic heterocycles. The normalized spacial score (nSPS) is 21.5. The molecule has 196 valence electrons. The van der Waals surface area contributed by atoms with Gasteiger partial charge in [-0.3, -0.25) is 23.9 Å². The van der Waals surface area contributed by atoms with E-state index in [0.717, 1.165) is 37.7 Å². The van der Waals surface area contributed by atoms with Crippen LogP contribution in [0, 0.1) is 5.92 Å². The molecule has 1 saturated carbocycles. The van der Waals surface area contributed by atoms with E-state index in [1.165, 1.54) is 6.42 Å². The summed E-state index contributed by atoms with van der Waals surface area (Å²) in [6.45, 7) is 1.83. The minimum Gasteiger partial charge on any atom is -0.340 e. The van der Waals surface area contributed by atoms with E-state index in [9.17, 15) is 14.4 Å². The second-order valence-corrected chi connectivity index (χ2v) is 10.9. The van der Waals surface area contributed by atoms with Crippen molar-refractivity contribution < 1.29 is 9.59 Å². The first kappa shape index (κ1) is 24.5. The number of hydrogen-bond acceptors (Lipinski definition) is 6. The Bertz CT molecular complexity index is 1380. The summed E-state index contributed by atoms with van der Waals surface area (Å²) in [7, 11) is 0. The molecular weight excluding hydrogens is 478 g/mol. The smallest absolute Gasteiger partial charge is 0.255 e. The van der Waals surface area contributed by atoms with Crippen LogP contribution in [-0.2, 0) is 11.3 Å². The number of carbonyl (C=O) groups is 2. The topological polar surface area (TPSA) is 88.4 Å². The van der Waals surface area contributed by atoms with Crippen molar-refractivity contribution in [1.29, 1.82) is 0 Å². The van der Waals surface area contributed by atoms with E-state index in [4.69, 9.17) is 4.98 Å². The lowest BCUT2D eigenvalue weighted by Crippen LogP contribution is -2.58. The Morgan fingerprint density at radius 3 is 2.45 bits per heavy atom. The zero-order valence-electron chi connectivity index (χ0n) is 21.6. The van der Waals surface area contributed by atoms with E-state index < -0.39 is 5.54 Å². The van der Waals surface area contributed by atoms with Gasteiger partial charge in [0.1, 0.15) is 0 Å². The average molecular weight is 512 g/mol. The van der Waals surface area contributed by atoms with Crippen molar-refractivity contribution in [2.24, 2.45) is 5.92 Å². The summed E-state index contributed by atoms with van der Waals surface area (Å²) < 4.78 is 1.68. The summed E-state index contributed by atoms with van der Waals surface area (Å²) in [5, 5.41) is 0. The number of nitrogens with zero attached hydrogens (tertiary/aromatic N) is 5. The first-order valence-corrected chi connectivity index (χ1v) is 13.7. The van der Waals surface area contributed by atoms with Gasteiger partial charge in [-0.25, -0.2) is 4.98 Å². The zero-order chi connectivity index (χ0) is 26.1. The standard InChI is InChI=1S/C30H33N5O3/c36-26(23-7-3-1-4-8-23)20-35-29-32-25(22-11-15-31-16-12-22)19-27(37)34(29)18-14-30(35)13-17-33(21-30)28(38)24-9-5-2-6-10-24/h1,3-4,7-8,11-12,15-16,19,24H,2,5-6,9-10,13-14,17-18,20-21H2. The van der Waals surface area contributed by atoms with Crippen LogP contribution in [0.25, 0.3) is 11.3 Å². The van der Waals surface area contributed by atoms with Gasteiger partial charge < -0.3 is 9.80 Å². The Hall–Kier alpha value is -3.81. The molecule has 2 aromatic heterocycles. The predicted molar refractivity (Wildman–Crippen MR) is 145 cm³/mol. The molecule has 0 bridgehead atoms. The zero-order valence-corrected chi connectivity index (χ0v) is 21.6. The van der Waals surface area contributed by atoms with Gasteiger partial charge >= 0.3 is 0 Å². The third kappa shape index (κ3) is 4.52. The number of aromatic nitrogens is 3. The average Bonchev–Trinajstić information content (AvgIpc) is 3.40. The number of ketones is 1. The van der Waals surface area contributed by atoms with Crippen LogP contribution >= 0.6 is 0 Å². The Kier molecular flexibility index (Phi) is 6.55. The molecule has 8 heteroatoms. The van der Waals surface area contributed by atoms with Crippen LogP contribution in [0.5, 0.6) is 0 Å². The van der Waals surface area contributed by atoms with Crippen LogP contribution in [0.3, 0.4) is 0 Å². The maximum atomic E-state index is 13.5. The summed E-state index contributed by atoms with van der Waals surface area (Å²) >= 11 is 0. The van der Waals surface area contributed by atoms with Gasteiger partial charge in [-0.15, -0.1) is 0 Å². The maximum Gasteiger partial charge on any atom is 0.255 e. The number of rotatable bonds is 5. The summed E-state index contributed by atoms with van der Waals surface area (Å²) in [6.07, 6.45) is 10.2. The number of pyridine rings is 1. The van der Waals surface area contributed by atoms with E-state index in [1.807, 2.05) is 52.3 Å². The highest BCUT2D eigenvalue weighted by Crippen LogP contribution is 2.40. The first-order valence-electron chi connectivity index (χ1n) is 13.7. The minimum atomic E-state index is -0.439. The minimum absolute atomic E-state index is 0.0287. The van der Waals surface area contributed by atoms with Gasteiger partial charge in [0.05, 0.1) is 17.8 Å².